The van der Waals surface area contributed by atoms with Gasteiger partial charge in [-0.3, -0.25) is 24.6 Å². The summed E-state index contributed by atoms with van der Waals surface area (Å²) >= 11 is 0. The fourth-order valence-corrected chi connectivity index (χ4v) is 12.6. The summed E-state index contributed by atoms with van der Waals surface area (Å²) in [5.41, 5.74) is 2.51. The van der Waals surface area contributed by atoms with Crippen LogP contribution in [0.25, 0.3) is 11.0 Å². The molecular formula is C50H59N7O9S. The van der Waals surface area contributed by atoms with E-state index in [9.17, 15) is 33.2 Å². The fourth-order valence-electron chi connectivity index (χ4n) is 11.6. The number of hydrogen-bond donors (Lipinski definition) is 5. The monoisotopic (exact) mass is 933 g/mol. The molecule has 2 aromatic heterocycles. The molecule has 17 heteroatoms. The molecule has 3 aromatic carbocycles. The number of nitro groups is 1. The zero-order chi connectivity index (χ0) is 46.8. The predicted octanol–water partition coefficient (Wildman–Crippen LogP) is 8.15. The quantitative estimate of drug-likeness (QED) is 0.0627. The molecule has 5 aromatic rings. The molecule has 5 aliphatic rings. The third-order valence-electron chi connectivity index (χ3n) is 15.4. The van der Waals surface area contributed by atoms with Crippen LogP contribution in [0.4, 0.5) is 17.1 Å². The van der Waals surface area contributed by atoms with Crippen molar-refractivity contribution in [3.05, 3.63) is 110 Å². The van der Waals surface area contributed by atoms with Gasteiger partial charge in [0.25, 0.3) is 27.2 Å². The van der Waals surface area contributed by atoms with Crippen LogP contribution in [0, 0.1) is 21.4 Å². The highest BCUT2D eigenvalue weighted by molar-refractivity contribution is 7.90. The van der Waals surface area contributed by atoms with Crippen molar-refractivity contribution in [2.24, 2.45) is 11.3 Å². The highest BCUT2D eigenvalue weighted by Gasteiger charge is 2.49. The minimum absolute atomic E-state index is 0.0260. The molecule has 0 unspecified atom stereocenters. The molecule has 10 rings (SSSR count). The summed E-state index contributed by atoms with van der Waals surface area (Å²) in [6.07, 6.45) is 9.90. The Labute approximate surface area is 389 Å². The number of nitrogens with one attached hydrogen (secondary N) is 4. The number of nitro benzene ring substituents is 1. The van der Waals surface area contributed by atoms with E-state index in [1.165, 1.54) is 42.5 Å². The Kier molecular flexibility index (Phi) is 11.6. The molecule has 2 aliphatic carbocycles. The molecule has 4 fully saturated rings. The Morgan fingerprint density at radius 2 is 1.75 bits per heavy atom. The standard InChI is InChI=1S/C50H59N7O9S/c1-30(2)35-7-4-5-8-36(35)37-9-6-10-40(37)56-28-50(29-56)18-21-55(22-19-50)33-11-12-38(42(24-33)66-44-23-32-15-20-51-46(32)53-48(44)59)47(58)54-67(63,64)34-25-41(57(61)62)45-43(26-34)65-27-39(52-45)31-13-16-49(3,60)17-14-31/h4-5,7-8,11-12,15,20,23-26,30-31,37,39-40,52,60H,6,9-10,13-14,16-19,21-22,27-29H2,1-3H3,(H,54,58)(H2,51,53,59)/t31?,37-,39-,40-,49?/m1/s1. The van der Waals surface area contributed by atoms with E-state index in [0.717, 1.165) is 50.8 Å². The molecule has 2 saturated carbocycles. The summed E-state index contributed by atoms with van der Waals surface area (Å²) in [6.45, 7) is 10.2. The van der Waals surface area contributed by atoms with Gasteiger partial charge in [0.15, 0.2) is 17.2 Å². The largest absolute Gasteiger partial charge is 0.489 e. The summed E-state index contributed by atoms with van der Waals surface area (Å²) in [6, 6.07) is 19.5. The van der Waals surface area contributed by atoms with Crippen molar-refractivity contribution in [2.75, 3.05) is 43.0 Å². The highest BCUT2D eigenvalue weighted by atomic mass is 32.2. The first kappa shape index (κ1) is 44.9. The predicted molar refractivity (Wildman–Crippen MR) is 255 cm³/mol. The van der Waals surface area contributed by atoms with Gasteiger partial charge in [-0.2, -0.15) is 0 Å². The molecule has 2 saturated heterocycles. The van der Waals surface area contributed by atoms with Crippen molar-refractivity contribution in [3.63, 3.8) is 0 Å². The maximum Gasteiger partial charge on any atom is 0.297 e. The van der Waals surface area contributed by atoms with Crippen LogP contribution in [0.3, 0.4) is 0 Å². The number of piperidine rings is 1. The number of fused-ring (bicyclic) bond motifs is 2. The number of carbonyl (C=O) groups excluding carboxylic acids is 1. The second-order valence-corrected chi connectivity index (χ2v) is 21.9. The van der Waals surface area contributed by atoms with Crippen LogP contribution in [0.15, 0.2) is 82.6 Å². The summed E-state index contributed by atoms with van der Waals surface area (Å²) in [5.74, 6) is -0.0853. The number of likely N-dealkylation sites (tertiary alicyclic amines) is 1. The number of carbonyl (C=O) groups is 1. The lowest BCUT2D eigenvalue weighted by Gasteiger charge is -2.57. The molecule has 1 spiro atoms. The van der Waals surface area contributed by atoms with E-state index in [2.05, 4.69) is 67.9 Å². The molecule has 5 N–H and O–H groups in total. The number of benzene rings is 3. The summed E-state index contributed by atoms with van der Waals surface area (Å²) in [5, 5.41) is 26.7. The Balaban J connectivity index is 0.867. The van der Waals surface area contributed by atoms with Crippen LogP contribution in [0.1, 0.15) is 112 Å². The summed E-state index contributed by atoms with van der Waals surface area (Å²) < 4.78 is 42.2. The topological polar surface area (TPSA) is 212 Å². The van der Waals surface area contributed by atoms with Crippen LogP contribution in [-0.2, 0) is 10.0 Å². The first-order valence-electron chi connectivity index (χ1n) is 23.7. The lowest BCUT2D eigenvalue weighted by Crippen LogP contribution is -2.63. The molecule has 3 aliphatic heterocycles. The van der Waals surface area contributed by atoms with Gasteiger partial charge < -0.3 is 34.8 Å². The van der Waals surface area contributed by atoms with Crippen molar-refractivity contribution in [1.29, 1.82) is 0 Å². The van der Waals surface area contributed by atoms with E-state index in [-0.39, 0.29) is 52.5 Å². The maximum atomic E-state index is 14.1. The SMILES string of the molecule is CC(C)c1ccccc1[C@H]1CCC[C@H]1N1CC2(CCN(c3ccc(C(=O)NS(=O)(=O)c4cc5c(c([N+](=O)[O-])c4)N[C@@H](C4CCC(C)(O)CC4)CO5)c(Oc4cc5cc[nH]c5[nH]c4=O)c3)CC2)C1. The van der Waals surface area contributed by atoms with Crippen LogP contribution in [0.5, 0.6) is 17.2 Å². The van der Waals surface area contributed by atoms with Gasteiger partial charge >= 0.3 is 0 Å². The van der Waals surface area contributed by atoms with Crippen LogP contribution < -0.4 is 30.0 Å². The molecule has 0 bridgehead atoms. The molecule has 1 amide bonds. The Bertz CT molecular complexity index is 2890. The number of anilines is 2. The van der Waals surface area contributed by atoms with Crippen molar-refractivity contribution in [1.82, 2.24) is 19.6 Å². The van der Waals surface area contributed by atoms with Crippen LogP contribution in [0.2, 0.25) is 0 Å². The second kappa shape index (κ2) is 17.3. The van der Waals surface area contributed by atoms with E-state index >= 15 is 0 Å². The first-order valence-corrected chi connectivity index (χ1v) is 25.2. The Hall–Kier alpha value is -5.91. The van der Waals surface area contributed by atoms with Gasteiger partial charge in [0.2, 0.25) is 0 Å². The Morgan fingerprint density at radius 1 is 0.985 bits per heavy atom. The van der Waals surface area contributed by atoms with Crippen molar-refractivity contribution < 1.29 is 32.7 Å². The van der Waals surface area contributed by atoms with Gasteiger partial charge in [0.1, 0.15) is 18.0 Å². The number of H-pyrrole nitrogens is 2. The lowest BCUT2D eigenvalue weighted by molar-refractivity contribution is -0.384. The zero-order valence-corrected chi connectivity index (χ0v) is 39.0. The first-order chi connectivity index (χ1) is 32.1. The Morgan fingerprint density at radius 3 is 2.49 bits per heavy atom. The number of rotatable bonds is 11. The van der Waals surface area contributed by atoms with Crippen LogP contribution >= 0.6 is 0 Å². The van der Waals surface area contributed by atoms with E-state index in [1.54, 1.807) is 37.4 Å². The molecule has 0 radical (unpaired) electrons. The van der Waals surface area contributed by atoms with Crippen LogP contribution in [-0.4, -0.2) is 89.7 Å². The van der Waals surface area contributed by atoms with Gasteiger partial charge in [-0.05, 0) is 117 Å². The molecule has 16 nitrogen and oxygen atoms in total. The minimum Gasteiger partial charge on any atom is -0.489 e. The zero-order valence-electron chi connectivity index (χ0n) is 38.2. The normalized spacial score (nSPS) is 25.0. The summed E-state index contributed by atoms with van der Waals surface area (Å²) in [4.78, 5) is 49.2. The molecule has 5 heterocycles. The number of aromatic amines is 2. The fraction of sp³-hybridized carbons (Fsp3) is 0.480. The average Bonchev–Trinajstić information content (AvgIpc) is 3.97. The maximum absolute atomic E-state index is 14.1. The number of pyridine rings is 1. The van der Waals surface area contributed by atoms with E-state index in [4.69, 9.17) is 9.47 Å². The average molecular weight is 934 g/mol. The summed E-state index contributed by atoms with van der Waals surface area (Å²) in [7, 11) is -4.72. The number of sulfonamides is 1. The van der Waals surface area contributed by atoms with Gasteiger partial charge in [-0.15, -0.1) is 0 Å². The second-order valence-electron chi connectivity index (χ2n) is 20.2. The van der Waals surface area contributed by atoms with Crippen molar-refractivity contribution in [2.45, 2.75) is 113 Å². The number of aromatic nitrogens is 2. The third-order valence-corrected chi connectivity index (χ3v) is 16.7. The smallest absolute Gasteiger partial charge is 0.297 e. The van der Waals surface area contributed by atoms with Crippen molar-refractivity contribution >= 4 is 44.0 Å². The number of ether oxygens (including phenoxy) is 2. The highest BCUT2D eigenvalue weighted by Crippen LogP contribution is 2.49. The third kappa shape index (κ3) is 8.77. The van der Waals surface area contributed by atoms with Gasteiger partial charge in [0.05, 0.1) is 27.0 Å². The molecule has 67 heavy (non-hydrogen) atoms. The molecule has 354 valence electrons. The van der Waals surface area contributed by atoms with Gasteiger partial charge in [0, 0.05) is 67.7 Å². The minimum atomic E-state index is -4.72. The van der Waals surface area contributed by atoms with E-state index in [1.807, 2.05) is 0 Å². The van der Waals surface area contributed by atoms with Gasteiger partial charge in [-0.25, -0.2) is 13.1 Å². The number of amides is 1. The number of nitrogens with zero attached hydrogens (tertiary/aromatic N) is 3. The van der Waals surface area contributed by atoms with E-state index < -0.39 is 42.6 Å². The molecular weight excluding hydrogens is 875 g/mol. The van der Waals surface area contributed by atoms with E-state index in [0.29, 0.717) is 54.6 Å². The number of aliphatic hydroxyl groups is 1. The van der Waals surface area contributed by atoms with Crippen molar-refractivity contribution in [3.8, 4) is 17.2 Å². The van der Waals surface area contributed by atoms with Gasteiger partial charge in [-0.1, -0.05) is 44.5 Å². The number of hydrogen-bond acceptors (Lipinski definition) is 12. The molecule has 3 atom stereocenters. The lowest BCUT2D eigenvalue weighted by atomic mass is 9.70.